The lowest BCUT2D eigenvalue weighted by molar-refractivity contribution is -0.137. The Morgan fingerprint density at radius 1 is 0.886 bits per heavy atom. The van der Waals surface area contributed by atoms with Crippen LogP contribution in [0.5, 0.6) is 0 Å². The van der Waals surface area contributed by atoms with Crippen molar-refractivity contribution in [3.63, 3.8) is 0 Å². The minimum absolute atomic E-state index is 0.0784. The maximum atomic E-state index is 12.7. The zero-order valence-electron chi connectivity index (χ0n) is 18.9. The SMILES string of the molecule is O=C(CN1CCN(Cc2ccc(C(F)(F)F)cc2)CC1)Nc1ccccc1Sc1ccc(Cl)cc1. The highest BCUT2D eigenvalue weighted by Crippen LogP contribution is 2.34. The van der Waals surface area contributed by atoms with Crippen LogP contribution in [0.3, 0.4) is 0 Å². The molecule has 9 heteroatoms. The number of rotatable bonds is 7. The van der Waals surface area contributed by atoms with E-state index in [2.05, 4.69) is 15.1 Å². The van der Waals surface area contributed by atoms with E-state index in [0.717, 1.165) is 59.4 Å². The summed E-state index contributed by atoms with van der Waals surface area (Å²) in [4.78, 5) is 19.0. The molecule has 0 atom stereocenters. The summed E-state index contributed by atoms with van der Waals surface area (Å²) in [7, 11) is 0. The van der Waals surface area contributed by atoms with Crippen molar-refractivity contribution in [2.45, 2.75) is 22.5 Å². The average molecular weight is 520 g/mol. The Bertz CT molecular complexity index is 1130. The molecular formula is C26H25ClF3N3OS. The second kappa shape index (κ2) is 11.5. The summed E-state index contributed by atoms with van der Waals surface area (Å²) in [5.74, 6) is -0.0784. The first kappa shape index (κ1) is 25.6. The number of carbonyl (C=O) groups excluding carboxylic acids is 1. The first-order chi connectivity index (χ1) is 16.8. The molecule has 0 spiro atoms. The maximum Gasteiger partial charge on any atom is 0.416 e. The molecule has 1 aliphatic rings. The first-order valence-electron chi connectivity index (χ1n) is 11.2. The van der Waals surface area contributed by atoms with Gasteiger partial charge in [-0.25, -0.2) is 0 Å². The number of benzene rings is 3. The number of nitrogens with one attached hydrogen (secondary N) is 1. The van der Waals surface area contributed by atoms with E-state index >= 15 is 0 Å². The van der Waals surface area contributed by atoms with Crippen molar-refractivity contribution in [2.75, 3.05) is 38.0 Å². The molecule has 1 fully saturated rings. The predicted molar refractivity (Wildman–Crippen MR) is 134 cm³/mol. The van der Waals surface area contributed by atoms with Crippen molar-refractivity contribution in [3.05, 3.63) is 88.9 Å². The largest absolute Gasteiger partial charge is 0.416 e. The van der Waals surface area contributed by atoms with Crippen LogP contribution in [0, 0.1) is 0 Å². The van der Waals surface area contributed by atoms with Crippen LogP contribution < -0.4 is 5.32 Å². The molecule has 0 bridgehead atoms. The van der Waals surface area contributed by atoms with Gasteiger partial charge in [-0.2, -0.15) is 13.2 Å². The minimum atomic E-state index is -4.32. The molecule has 3 aromatic rings. The number of hydrogen-bond donors (Lipinski definition) is 1. The number of carbonyl (C=O) groups is 1. The van der Waals surface area contributed by atoms with Gasteiger partial charge in [-0.1, -0.05) is 47.6 Å². The molecule has 35 heavy (non-hydrogen) atoms. The fourth-order valence-electron chi connectivity index (χ4n) is 3.84. The third-order valence-corrected chi connectivity index (χ3v) is 7.06. The Morgan fingerprint density at radius 2 is 1.51 bits per heavy atom. The molecule has 184 valence electrons. The van der Waals surface area contributed by atoms with Gasteiger partial charge in [0.05, 0.1) is 17.8 Å². The van der Waals surface area contributed by atoms with Crippen LogP contribution in [0.15, 0.2) is 82.6 Å². The predicted octanol–water partition coefficient (Wildman–Crippen LogP) is 6.27. The van der Waals surface area contributed by atoms with Crippen molar-refractivity contribution >= 4 is 35.0 Å². The molecule has 0 radical (unpaired) electrons. The van der Waals surface area contributed by atoms with Crippen LogP contribution >= 0.6 is 23.4 Å². The van der Waals surface area contributed by atoms with Crippen LogP contribution in [-0.4, -0.2) is 48.4 Å². The van der Waals surface area contributed by atoms with E-state index in [4.69, 9.17) is 11.6 Å². The van der Waals surface area contributed by atoms with E-state index < -0.39 is 11.7 Å². The molecule has 4 rings (SSSR count). The Morgan fingerprint density at radius 3 is 2.17 bits per heavy atom. The van der Waals surface area contributed by atoms with Gasteiger partial charge in [0.1, 0.15) is 0 Å². The number of para-hydroxylation sites is 1. The summed E-state index contributed by atoms with van der Waals surface area (Å²) < 4.78 is 38.2. The van der Waals surface area contributed by atoms with Crippen molar-refractivity contribution in [1.82, 2.24) is 9.80 Å². The topological polar surface area (TPSA) is 35.6 Å². The minimum Gasteiger partial charge on any atom is -0.324 e. The van der Waals surface area contributed by atoms with Gasteiger partial charge in [-0.05, 0) is 54.1 Å². The molecule has 1 aliphatic heterocycles. The fourth-order valence-corrected chi connectivity index (χ4v) is 4.87. The number of amides is 1. The number of halogens is 4. The van der Waals surface area contributed by atoms with Gasteiger partial charge in [0.15, 0.2) is 0 Å². The first-order valence-corrected chi connectivity index (χ1v) is 12.4. The van der Waals surface area contributed by atoms with E-state index in [1.807, 2.05) is 48.5 Å². The second-order valence-corrected chi connectivity index (χ2v) is 9.90. The van der Waals surface area contributed by atoms with Crippen LogP contribution in [0.25, 0.3) is 0 Å². The number of alkyl halides is 3. The van der Waals surface area contributed by atoms with E-state index in [0.29, 0.717) is 11.6 Å². The quantitative estimate of drug-likeness (QED) is 0.399. The standard InChI is InChI=1S/C26H25ClF3N3OS/c27-21-9-11-22(12-10-21)35-24-4-2-1-3-23(24)31-25(34)18-33-15-13-32(14-16-33)17-19-5-7-20(8-6-19)26(28,29)30/h1-12H,13-18H2,(H,31,34). The van der Waals surface area contributed by atoms with Gasteiger partial charge in [0.25, 0.3) is 0 Å². The molecule has 0 aliphatic carbocycles. The van der Waals surface area contributed by atoms with Crippen molar-refractivity contribution in [3.8, 4) is 0 Å². The Labute approximate surface area is 212 Å². The molecule has 4 nitrogen and oxygen atoms in total. The molecule has 1 heterocycles. The highest BCUT2D eigenvalue weighted by Gasteiger charge is 2.30. The molecule has 1 amide bonds. The second-order valence-electron chi connectivity index (χ2n) is 8.35. The normalized spacial score (nSPS) is 15.2. The molecule has 0 aromatic heterocycles. The lowest BCUT2D eigenvalue weighted by atomic mass is 10.1. The number of anilines is 1. The van der Waals surface area contributed by atoms with Crippen molar-refractivity contribution < 1.29 is 18.0 Å². The fraction of sp³-hybridized carbons (Fsp3) is 0.269. The highest BCUT2D eigenvalue weighted by molar-refractivity contribution is 7.99. The van der Waals surface area contributed by atoms with Crippen LogP contribution in [0.2, 0.25) is 5.02 Å². The van der Waals surface area contributed by atoms with Gasteiger partial charge in [0, 0.05) is 47.5 Å². The summed E-state index contributed by atoms with van der Waals surface area (Å²) in [6.07, 6.45) is -4.32. The average Bonchev–Trinajstić information content (AvgIpc) is 2.83. The van der Waals surface area contributed by atoms with Crippen molar-refractivity contribution in [2.24, 2.45) is 0 Å². The van der Waals surface area contributed by atoms with Crippen molar-refractivity contribution in [1.29, 1.82) is 0 Å². The third-order valence-electron chi connectivity index (χ3n) is 5.72. The monoisotopic (exact) mass is 519 g/mol. The van der Waals surface area contributed by atoms with Gasteiger partial charge in [-0.15, -0.1) is 0 Å². The molecule has 1 saturated heterocycles. The van der Waals surface area contributed by atoms with E-state index in [1.165, 1.54) is 12.1 Å². The van der Waals surface area contributed by atoms with Gasteiger partial charge >= 0.3 is 6.18 Å². The smallest absolute Gasteiger partial charge is 0.324 e. The molecule has 3 aromatic carbocycles. The third kappa shape index (κ3) is 7.48. The number of nitrogens with zero attached hydrogens (tertiary/aromatic N) is 2. The van der Waals surface area contributed by atoms with Gasteiger partial charge in [0.2, 0.25) is 5.91 Å². The van der Waals surface area contributed by atoms with Crippen LogP contribution in [0.1, 0.15) is 11.1 Å². The molecule has 1 N–H and O–H groups in total. The van der Waals surface area contributed by atoms with E-state index in [-0.39, 0.29) is 12.5 Å². The Hall–Kier alpha value is -2.52. The zero-order chi connectivity index (χ0) is 24.8. The van der Waals surface area contributed by atoms with Crippen LogP contribution in [0.4, 0.5) is 18.9 Å². The summed E-state index contributed by atoms with van der Waals surface area (Å²) in [6, 6.07) is 20.5. The Kier molecular flexibility index (Phi) is 8.38. The number of hydrogen-bond acceptors (Lipinski definition) is 4. The zero-order valence-corrected chi connectivity index (χ0v) is 20.5. The maximum absolute atomic E-state index is 12.7. The molecular weight excluding hydrogens is 495 g/mol. The van der Waals surface area contributed by atoms with Crippen LogP contribution in [-0.2, 0) is 17.5 Å². The summed E-state index contributed by atoms with van der Waals surface area (Å²) in [5.41, 5.74) is 0.975. The summed E-state index contributed by atoms with van der Waals surface area (Å²) in [5, 5.41) is 3.70. The lowest BCUT2D eigenvalue weighted by Gasteiger charge is -2.34. The Balaban J connectivity index is 1.26. The molecule has 0 unspecified atom stereocenters. The van der Waals surface area contributed by atoms with E-state index in [1.54, 1.807) is 11.8 Å². The number of piperazine rings is 1. The van der Waals surface area contributed by atoms with E-state index in [9.17, 15) is 18.0 Å². The molecule has 0 saturated carbocycles. The van der Waals surface area contributed by atoms with Gasteiger partial charge in [-0.3, -0.25) is 14.6 Å². The lowest BCUT2D eigenvalue weighted by Crippen LogP contribution is -2.48. The summed E-state index contributed by atoms with van der Waals surface area (Å²) >= 11 is 7.52. The van der Waals surface area contributed by atoms with Gasteiger partial charge < -0.3 is 5.32 Å². The summed E-state index contributed by atoms with van der Waals surface area (Å²) in [6.45, 7) is 3.81. The highest BCUT2D eigenvalue weighted by atomic mass is 35.5.